The molecule has 1 aliphatic rings. The van der Waals surface area contributed by atoms with Crippen molar-refractivity contribution in [2.45, 2.75) is 32.7 Å². The highest BCUT2D eigenvalue weighted by atomic mass is 15.3. The number of quaternary nitrogens is 1. The first kappa shape index (κ1) is 8.06. The molecule has 0 amide bonds. The average molecular weight is 142 g/mol. The van der Waals surface area contributed by atoms with Gasteiger partial charge in [-0.15, -0.1) is 0 Å². The molecule has 0 aromatic carbocycles. The van der Waals surface area contributed by atoms with Crippen LogP contribution in [0.2, 0.25) is 0 Å². The van der Waals surface area contributed by atoms with Gasteiger partial charge in [-0.1, -0.05) is 13.8 Å². The molecule has 1 fully saturated rings. The minimum Gasteiger partial charge on any atom is -0.326 e. The number of likely N-dealkylation sites (tertiary alicyclic amines) is 1. The van der Waals surface area contributed by atoms with E-state index in [1.54, 1.807) is 0 Å². The Morgan fingerprint density at radius 3 is 2.20 bits per heavy atom. The van der Waals surface area contributed by atoms with Gasteiger partial charge in [-0.3, -0.25) is 0 Å². The fraction of sp³-hybridized carbons (Fsp3) is 1.00. The summed E-state index contributed by atoms with van der Waals surface area (Å²) in [5, 5.41) is 0. The van der Waals surface area contributed by atoms with Crippen LogP contribution in [0.25, 0.3) is 0 Å². The Hall–Kier alpha value is -0.0400. The van der Waals surface area contributed by atoms with Gasteiger partial charge in [0.05, 0.1) is 26.7 Å². The van der Waals surface area contributed by atoms with E-state index in [0.29, 0.717) is 0 Å². The van der Waals surface area contributed by atoms with E-state index in [2.05, 4.69) is 27.9 Å². The summed E-state index contributed by atoms with van der Waals surface area (Å²) < 4.78 is 1.25. The highest BCUT2D eigenvalue weighted by molar-refractivity contribution is 4.71. The van der Waals surface area contributed by atoms with Crippen LogP contribution in [0.3, 0.4) is 0 Å². The number of rotatable bonds is 1. The first-order valence-electron chi connectivity index (χ1n) is 4.40. The third-order valence-electron chi connectivity index (χ3n) is 3.13. The zero-order valence-electron chi connectivity index (χ0n) is 7.72. The molecule has 0 saturated carbocycles. The monoisotopic (exact) mass is 142 g/mol. The fourth-order valence-electron chi connectivity index (χ4n) is 2.48. The average Bonchev–Trinajstić information content (AvgIpc) is 2.07. The Kier molecular flexibility index (Phi) is 2.04. The van der Waals surface area contributed by atoms with E-state index in [4.69, 9.17) is 0 Å². The van der Waals surface area contributed by atoms with Crippen molar-refractivity contribution < 1.29 is 4.48 Å². The lowest BCUT2D eigenvalue weighted by molar-refractivity contribution is -0.904. The maximum atomic E-state index is 2.39. The number of nitrogens with zero attached hydrogens (tertiary/aromatic N) is 1. The topological polar surface area (TPSA) is 0 Å². The fourth-order valence-corrected chi connectivity index (χ4v) is 2.48. The first-order chi connectivity index (χ1) is 4.58. The molecule has 10 heavy (non-hydrogen) atoms. The minimum atomic E-state index is 0.917. The smallest absolute Gasteiger partial charge is 0.0911 e. The van der Waals surface area contributed by atoms with Crippen molar-refractivity contribution in [2.75, 3.05) is 20.6 Å². The van der Waals surface area contributed by atoms with E-state index in [1.165, 1.54) is 23.9 Å². The Morgan fingerprint density at radius 1 is 1.40 bits per heavy atom. The minimum absolute atomic E-state index is 0.917. The molecule has 0 bridgehead atoms. The summed E-state index contributed by atoms with van der Waals surface area (Å²) in [5.41, 5.74) is 0. The van der Waals surface area contributed by atoms with Crippen molar-refractivity contribution in [1.29, 1.82) is 0 Å². The second kappa shape index (κ2) is 2.54. The van der Waals surface area contributed by atoms with E-state index in [-0.39, 0.29) is 0 Å². The third-order valence-corrected chi connectivity index (χ3v) is 3.13. The molecule has 1 aliphatic heterocycles. The van der Waals surface area contributed by atoms with Gasteiger partial charge < -0.3 is 4.48 Å². The lowest BCUT2D eigenvalue weighted by atomic mass is 10.0. The lowest BCUT2D eigenvalue weighted by Gasteiger charge is -2.32. The van der Waals surface area contributed by atoms with Gasteiger partial charge in [0.1, 0.15) is 0 Å². The molecule has 1 heteroatoms. The molecule has 1 rings (SSSR count). The predicted molar refractivity (Wildman–Crippen MR) is 44.8 cm³/mol. The molecule has 2 atom stereocenters. The van der Waals surface area contributed by atoms with Crippen molar-refractivity contribution in [2.24, 2.45) is 5.92 Å². The summed E-state index contributed by atoms with van der Waals surface area (Å²) in [6.45, 7) is 6.08. The molecular weight excluding hydrogens is 122 g/mol. The second-order valence-electron chi connectivity index (χ2n) is 4.24. The summed E-state index contributed by atoms with van der Waals surface area (Å²) in [6.07, 6.45) is 2.76. The molecule has 0 aromatic heterocycles. The highest BCUT2D eigenvalue weighted by Crippen LogP contribution is 2.29. The van der Waals surface area contributed by atoms with E-state index in [1.807, 2.05) is 0 Å². The van der Waals surface area contributed by atoms with Gasteiger partial charge in [0.15, 0.2) is 0 Å². The third kappa shape index (κ3) is 1.20. The maximum Gasteiger partial charge on any atom is 0.0911 e. The Labute approximate surface area is 64.6 Å². The van der Waals surface area contributed by atoms with E-state index in [0.717, 1.165) is 12.0 Å². The van der Waals surface area contributed by atoms with Gasteiger partial charge in [-0.25, -0.2) is 0 Å². The Bertz CT molecular complexity index is 118. The van der Waals surface area contributed by atoms with Crippen molar-refractivity contribution >= 4 is 0 Å². The second-order valence-corrected chi connectivity index (χ2v) is 4.24. The molecule has 1 saturated heterocycles. The van der Waals surface area contributed by atoms with E-state index < -0.39 is 0 Å². The molecule has 0 N–H and O–H groups in total. The molecule has 0 aliphatic carbocycles. The van der Waals surface area contributed by atoms with Crippen LogP contribution in [0, 0.1) is 5.92 Å². The summed E-state index contributed by atoms with van der Waals surface area (Å²) in [5.74, 6) is 0.944. The van der Waals surface area contributed by atoms with Gasteiger partial charge >= 0.3 is 0 Å². The maximum absolute atomic E-state index is 2.39. The quantitative estimate of drug-likeness (QED) is 0.490. The van der Waals surface area contributed by atoms with Crippen LogP contribution in [0.15, 0.2) is 0 Å². The van der Waals surface area contributed by atoms with Crippen molar-refractivity contribution in [1.82, 2.24) is 0 Å². The van der Waals surface area contributed by atoms with Crippen LogP contribution in [-0.4, -0.2) is 31.2 Å². The zero-order chi connectivity index (χ0) is 7.78. The van der Waals surface area contributed by atoms with Crippen LogP contribution in [0.5, 0.6) is 0 Å². The summed E-state index contributed by atoms with van der Waals surface area (Å²) in [6, 6.07) is 0.917. The summed E-state index contributed by atoms with van der Waals surface area (Å²) in [4.78, 5) is 0. The van der Waals surface area contributed by atoms with Gasteiger partial charge in [-0.2, -0.15) is 0 Å². The Morgan fingerprint density at radius 2 is 2.00 bits per heavy atom. The van der Waals surface area contributed by atoms with Crippen LogP contribution in [0.4, 0.5) is 0 Å². The normalized spacial score (nSPS) is 38.4. The molecular formula is C9H20N+. The van der Waals surface area contributed by atoms with Gasteiger partial charge in [0.2, 0.25) is 0 Å². The molecule has 1 nitrogen and oxygen atoms in total. The van der Waals surface area contributed by atoms with E-state index >= 15 is 0 Å². The van der Waals surface area contributed by atoms with Crippen LogP contribution >= 0.6 is 0 Å². The molecule has 2 unspecified atom stereocenters. The van der Waals surface area contributed by atoms with Crippen molar-refractivity contribution in [3.05, 3.63) is 0 Å². The van der Waals surface area contributed by atoms with E-state index in [9.17, 15) is 0 Å². The van der Waals surface area contributed by atoms with Crippen molar-refractivity contribution in [3.63, 3.8) is 0 Å². The molecule has 0 spiro atoms. The lowest BCUT2D eigenvalue weighted by Crippen LogP contribution is -2.45. The van der Waals surface area contributed by atoms with Gasteiger partial charge in [0.25, 0.3) is 0 Å². The molecule has 0 radical (unpaired) electrons. The van der Waals surface area contributed by atoms with Crippen molar-refractivity contribution in [3.8, 4) is 0 Å². The van der Waals surface area contributed by atoms with Gasteiger partial charge in [0, 0.05) is 12.3 Å². The van der Waals surface area contributed by atoms with Gasteiger partial charge in [-0.05, 0) is 6.42 Å². The predicted octanol–water partition coefficient (Wildman–Crippen LogP) is 1.88. The Balaban J connectivity index is 2.63. The number of hydrogen-bond acceptors (Lipinski definition) is 0. The number of hydrogen-bond donors (Lipinski definition) is 0. The van der Waals surface area contributed by atoms with Crippen LogP contribution < -0.4 is 0 Å². The molecule has 1 heterocycles. The summed E-state index contributed by atoms with van der Waals surface area (Å²) >= 11 is 0. The standard InChI is InChI=1S/C9H20N/c1-5-9-8(2)6-7-10(9,3)4/h8-9H,5-7H2,1-4H3/q+1. The largest absolute Gasteiger partial charge is 0.326 e. The molecule has 0 aromatic rings. The zero-order valence-corrected chi connectivity index (χ0v) is 7.72. The van der Waals surface area contributed by atoms with Crippen LogP contribution in [0.1, 0.15) is 26.7 Å². The molecule has 60 valence electrons. The first-order valence-corrected chi connectivity index (χ1v) is 4.40. The highest BCUT2D eigenvalue weighted by Gasteiger charge is 2.38. The SMILES string of the molecule is CCC1C(C)CC[N+]1(C)C. The van der Waals surface area contributed by atoms with Crippen LogP contribution in [-0.2, 0) is 0 Å². The summed E-state index contributed by atoms with van der Waals surface area (Å²) in [7, 11) is 4.72.